The number of likely N-dealkylation sites (N-methyl/N-ethyl adjacent to an activating group) is 1. The number of aromatic nitrogens is 1. The monoisotopic (exact) mass is 495 g/mol. The molecule has 0 spiro atoms. The number of nitrogens with zero attached hydrogens (tertiary/aromatic N) is 2. The zero-order chi connectivity index (χ0) is 25.0. The van der Waals surface area contributed by atoms with Crippen molar-refractivity contribution in [3.63, 3.8) is 0 Å². The van der Waals surface area contributed by atoms with Crippen molar-refractivity contribution in [2.45, 2.75) is 52.5 Å². The van der Waals surface area contributed by atoms with Gasteiger partial charge in [0, 0.05) is 31.3 Å². The van der Waals surface area contributed by atoms with Gasteiger partial charge in [-0.05, 0) is 39.0 Å². The molecule has 2 aromatic rings. The first-order valence-corrected chi connectivity index (χ1v) is 13.5. The number of anilines is 1. The molecule has 0 saturated carbocycles. The van der Waals surface area contributed by atoms with Crippen LogP contribution in [0.1, 0.15) is 61.6 Å². The summed E-state index contributed by atoms with van der Waals surface area (Å²) in [7, 11) is -3.47. The number of carbonyl (C=O) groups is 2. The molecule has 0 aliphatic heterocycles. The maximum atomic E-state index is 12.9. The minimum absolute atomic E-state index is 0.0408. The van der Waals surface area contributed by atoms with Crippen LogP contribution in [0.15, 0.2) is 29.3 Å². The molecule has 0 radical (unpaired) electrons. The van der Waals surface area contributed by atoms with Crippen LogP contribution in [-0.2, 0) is 9.84 Å². The van der Waals surface area contributed by atoms with Gasteiger partial charge >= 0.3 is 0 Å². The summed E-state index contributed by atoms with van der Waals surface area (Å²) in [6.45, 7) is 12.7. The Morgan fingerprint density at radius 3 is 2.45 bits per heavy atom. The Morgan fingerprint density at radius 1 is 1.24 bits per heavy atom. The van der Waals surface area contributed by atoms with Gasteiger partial charge in [-0.2, -0.15) is 0 Å². The first kappa shape index (κ1) is 26.8. The molecule has 0 atom stereocenters. The van der Waals surface area contributed by atoms with Crippen LogP contribution in [0.25, 0.3) is 0 Å². The molecule has 10 heteroatoms. The molecule has 0 unspecified atom stereocenters. The second-order valence-electron chi connectivity index (χ2n) is 9.02. The van der Waals surface area contributed by atoms with E-state index in [1.54, 1.807) is 6.20 Å². The number of ketones is 1. The van der Waals surface area contributed by atoms with Gasteiger partial charge in [-0.3, -0.25) is 9.59 Å². The average Bonchev–Trinajstić information content (AvgIpc) is 3.18. The average molecular weight is 496 g/mol. The predicted molar refractivity (Wildman–Crippen MR) is 131 cm³/mol. The van der Waals surface area contributed by atoms with Gasteiger partial charge in [-0.1, -0.05) is 32.1 Å². The second-order valence-corrected chi connectivity index (χ2v) is 12.0. The van der Waals surface area contributed by atoms with Crippen LogP contribution in [0.4, 0.5) is 5.13 Å². The molecule has 1 aromatic heterocycles. The van der Waals surface area contributed by atoms with Crippen molar-refractivity contribution in [3.05, 3.63) is 34.8 Å². The SMILES string of the molecule is CCN(CCNC(=O)c1cc(S(C)(=O)=O)ccc1OC(C)C)c1ncc(C(=O)C(C)(C)C)s1. The molecule has 0 aliphatic carbocycles. The largest absolute Gasteiger partial charge is 0.490 e. The number of hydrogen-bond acceptors (Lipinski definition) is 8. The molecule has 1 N–H and O–H groups in total. The summed E-state index contributed by atoms with van der Waals surface area (Å²) >= 11 is 1.34. The lowest BCUT2D eigenvalue weighted by molar-refractivity contribution is 0.0862. The smallest absolute Gasteiger partial charge is 0.255 e. The van der Waals surface area contributed by atoms with Gasteiger partial charge in [0.25, 0.3) is 5.91 Å². The Bertz CT molecular complexity index is 1100. The van der Waals surface area contributed by atoms with E-state index in [4.69, 9.17) is 4.74 Å². The van der Waals surface area contributed by atoms with E-state index in [0.29, 0.717) is 35.4 Å². The Kier molecular flexibility index (Phi) is 8.64. The van der Waals surface area contributed by atoms with E-state index in [1.807, 2.05) is 46.4 Å². The highest BCUT2D eigenvalue weighted by molar-refractivity contribution is 7.90. The maximum absolute atomic E-state index is 12.9. The Morgan fingerprint density at radius 2 is 1.91 bits per heavy atom. The van der Waals surface area contributed by atoms with Crippen LogP contribution in [0.3, 0.4) is 0 Å². The van der Waals surface area contributed by atoms with Crippen LogP contribution in [0.5, 0.6) is 5.75 Å². The summed E-state index contributed by atoms with van der Waals surface area (Å²) in [4.78, 5) is 32.4. The number of Topliss-reactive ketones (excluding diaryl/α,β-unsaturated/α-hetero) is 1. The standard InChI is InChI=1S/C23H33N3O5S2/c1-8-26(22-25-14-19(32-22)20(27)23(4,5)6)12-11-24-21(28)17-13-16(33(7,29)30)9-10-18(17)31-15(2)3/h9-10,13-15H,8,11-12H2,1-7H3,(H,24,28). The van der Waals surface area contributed by atoms with Crippen molar-refractivity contribution in [2.24, 2.45) is 5.41 Å². The zero-order valence-electron chi connectivity index (χ0n) is 20.3. The van der Waals surface area contributed by atoms with E-state index in [0.717, 1.165) is 6.26 Å². The maximum Gasteiger partial charge on any atom is 0.255 e. The summed E-state index contributed by atoms with van der Waals surface area (Å²) in [5.41, 5.74) is -0.313. The van der Waals surface area contributed by atoms with Gasteiger partial charge in [0.2, 0.25) is 0 Å². The number of ether oxygens (including phenoxy) is 1. The fourth-order valence-corrected chi connectivity index (χ4v) is 4.75. The van der Waals surface area contributed by atoms with Gasteiger partial charge < -0.3 is 15.0 Å². The van der Waals surface area contributed by atoms with Crippen LogP contribution >= 0.6 is 11.3 Å². The molecule has 0 aliphatic rings. The molecule has 1 aromatic carbocycles. The quantitative estimate of drug-likeness (QED) is 0.500. The van der Waals surface area contributed by atoms with E-state index in [-0.39, 0.29) is 22.3 Å². The summed E-state index contributed by atoms with van der Waals surface area (Å²) in [6.07, 6.45) is 2.52. The molecule has 2 rings (SSSR count). The van der Waals surface area contributed by atoms with Crippen LogP contribution in [-0.4, -0.2) is 57.1 Å². The van der Waals surface area contributed by atoms with E-state index < -0.39 is 21.2 Å². The molecule has 182 valence electrons. The normalized spacial score (nSPS) is 12.0. The molecule has 0 fully saturated rings. The van der Waals surface area contributed by atoms with Crippen LogP contribution in [0.2, 0.25) is 0 Å². The van der Waals surface area contributed by atoms with E-state index in [9.17, 15) is 18.0 Å². The van der Waals surface area contributed by atoms with E-state index >= 15 is 0 Å². The second kappa shape index (κ2) is 10.6. The predicted octanol–water partition coefficient (Wildman–Crippen LogP) is 3.82. The summed E-state index contributed by atoms with van der Waals surface area (Å²) in [5, 5.41) is 3.54. The number of nitrogens with one attached hydrogen (secondary N) is 1. The van der Waals surface area contributed by atoms with Gasteiger partial charge in [-0.15, -0.1) is 0 Å². The molecule has 1 heterocycles. The van der Waals surface area contributed by atoms with Crippen molar-refractivity contribution in [3.8, 4) is 5.75 Å². The van der Waals surface area contributed by atoms with Gasteiger partial charge in [0.05, 0.1) is 27.6 Å². The Hall–Kier alpha value is -2.46. The number of thiazole rings is 1. The lowest BCUT2D eigenvalue weighted by Crippen LogP contribution is -2.35. The van der Waals surface area contributed by atoms with Crippen molar-refractivity contribution < 1.29 is 22.7 Å². The number of rotatable bonds is 10. The van der Waals surface area contributed by atoms with Crippen molar-refractivity contribution in [2.75, 3.05) is 30.8 Å². The summed E-state index contributed by atoms with van der Waals surface area (Å²) < 4.78 is 29.6. The Labute approximate surface area is 200 Å². The van der Waals surface area contributed by atoms with Crippen LogP contribution in [0, 0.1) is 5.41 Å². The number of carbonyl (C=O) groups excluding carboxylic acids is 2. The van der Waals surface area contributed by atoms with Gasteiger partial charge in [-0.25, -0.2) is 13.4 Å². The first-order valence-electron chi connectivity index (χ1n) is 10.8. The molecule has 8 nitrogen and oxygen atoms in total. The minimum atomic E-state index is -3.47. The molecular weight excluding hydrogens is 462 g/mol. The summed E-state index contributed by atoms with van der Waals surface area (Å²) in [5.74, 6) is -0.0542. The van der Waals surface area contributed by atoms with Gasteiger partial charge in [0.15, 0.2) is 20.8 Å². The molecule has 0 saturated heterocycles. The van der Waals surface area contributed by atoms with Crippen LogP contribution < -0.4 is 15.0 Å². The third-order valence-corrected chi connectivity index (χ3v) is 6.87. The lowest BCUT2D eigenvalue weighted by Gasteiger charge is -2.20. The minimum Gasteiger partial charge on any atom is -0.490 e. The number of benzene rings is 1. The molecular formula is C23H33N3O5S2. The number of sulfone groups is 1. The van der Waals surface area contributed by atoms with Crippen molar-refractivity contribution >= 4 is 38.0 Å². The first-order chi connectivity index (χ1) is 15.2. The van der Waals surface area contributed by atoms with Crippen molar-refractivity contribution in [1.82, 2.24) is 10.3 Å². The number of hydrogen-bond donors (Lipinski definition) is 1. The van der Waals surface area contributed by atoms with Gasteiger partial charge in [0.1, 0.15) is 5.75 Å². The third-order valence-electron chi connectivity index (χ3n) is 4.70. The topological polar surface area (TPSA) is 106 Å². The number of amides is 1. The van der Waals surface area contributed by atoms with E-state index in [1.165, 1.54) is 29.5 Å². The third kappa shape index (κ3) is 7.26. The lowest BCUT2D eigenvalue weighted by atomic mass is 9.90. The van der Waals surface area contributed by atoms with Crippen molar-refractivity contribution in [1.29, 1.82) is 0 Å². The fraction of sp³-hybridized carbons (Fsp3) is 0.522. The molecule has 1 amide bonds. The fourth-order valence-electron chi connectivity index (χ4n) is 2.95. The zero-order valence-corrected chi connectivity index (χ0v) is 21.9. The molecule has 0 bridgehead atoms. The highest BCUT2D eigenvalue weighted by Crippen LogP contribution is 2.29. The summed E-state index contributed by atoms with van der Waals surface area (Å²) in [6, 6.07) is 4.28. The molecule has 33 heavy (non-hydrogen) atoms. The highest BCUT2D eigenvalue weighted by Gasteiger charge is 2.25. The highest BCUT2D eigenvalue weighted by atomic mass is 32.2. The van der Waals surface area contributed by atoms with E-state index in [2.05, 4.69) is 10.3 Å². The Balaban J connectivity index is 2.12.